The second-order valence-electron chi connectivity index (χ2n) is 6.15. The normalized spacial score (nSPS) is 16.3. The number of rotatable bonds is 5. The first-order valence-corrected chi connectivity index (χ1v) is 9.46. The maximum Gasteiger partial charge on any atom is 0.166 e. The van der Waals surface area contributed by atoms with E-state index in [0.29, 0.717) is 11.5 Å². The van der Waals surface area contributed by atoms with E-state index < -0.39 is 0 Å². The van der Waals surface area contributed by atoms with Crippen LogP contribution in [0.4, 0.5) is 10.1 Å². The van der Waals surface area contributed by atoms with Crippen molar-refractivity contribution in [3.8, 4) is 11.5 Å². The van der Waals surface area contributed by atoms with Crippen LogP contribution >= 0.6 is 11.3 Å². The van der Waals surface area contributed by atoms with Gasteiger partial charge >= 0.3 is 0 Å². The van der Waals surface area contributed by atoms with Crippen molar-refractivity contribution in [2.75, 3.05) is 19.2 Å². The van der Waals surface area contributed by atoms with Crippen LogP contribution in [-0.4, -0.2) is 19.9 Å². The van der Waals surface area contributed by atoms with Crippen molar-refractivity contribution in [2.24, 2.45) is 5.10 Å². The summed E-state index contributed by atoms with van der Waals surface area (Å²) in [5, 5.41) is 8.84. The van der Waals surface area contributed by atoms with E-state index in [4.69, 9.17) is 14.6 Å². The van der Waals surface area contributed by atoms with Gasteiger partial charge in [-0.05, 0) is 41.8 Å². The lowest BCUT2D eigenvalue weighted by Crippen LogP contribution is -2.19. The average Bonchev–Trinajstić information content (AvgIpc) is 3.37. The monoisotopic (exact) mass is 382 g/mol. The van der Waals surface area contributed by atoms with Gasteiger partial charge in [0.05, 0.1) is 36.5 Å². The number of hydrogen-bond acceptors (Lipinski definition) is 5. The fraction of sp³-hybridized carbons (Fsp3) is 0.190. The zero-order valence-electron chi connectivity index (χ0n) is 15.1. The molecule has 6 heteroatoms. The number of ether oxygens (including phenoxy) is 2. The summed E-state index contributed by atoms with van der Waals surface area (Å²) < 4.78 is 24.5. The largest absolute Gasteiger partial charge is 0.493 e. The van der Waals surface area contributed by atoms with Gasteiger partial charge in [-0.1, -0.05) is 18.2 Å². The Morgan fingerprint density at radius 3 is 2.52 bits per heavy atom. The maximum absolute atomic E-state index is 13.4. The van der Waals surface area contributed by atoms with Crippen LogP contribution in [0.15, 0.2) is 65.1 Å². The lowest BCUT2D eigenvalue weighted by Gasteiger charge is -2.26. The molecule has 2 heterocycles. The number of benzene rings is 2. The number of thiophene rings is 1. The van der Waals surface area contributed by atoms with Crippen molar-refractivity contribution in [3.05, 3.63) is 76.2 Å². The molecule has 27 heavy (non-hydrogen) atoms. The van der Waals surface area contributed by atoms with Gasteiger partial charge in [0.15, 0.2) is 11.5 Å². The van der Waals surface area contributed by atoms with Gasteiger partial charge in [-0.3, -0.25) is 5.01 Å². The molecule has 0 bridgehead atoms. The summed E-state index contributed by atoms with van der Waals surface area (Å²) in [7, 11) is 3.27. The molecule has 2 aromatic carbocycles. The topological polar surface area (TPSA) is 34.1 Å². The minimum Gasteiger partial charge on any atom is -0.493 e. The molecule has 1 atom stereocenters. The molecular formula is C21H19FN2O2S. The molecule has 0 unspecified atom stereocenters. The standard InChI is InChI=1S/C21H19FN2O2S/c1-25-19-6-3-5-16(21(19)26-2)18-13-17(20-7-4-12-27-20)23-24(18)15-10-8-14(22)9-11-15/h3-12,18H,13H2,1-2H3/t18-/m1/s1. The van der Waals surface area contributed by atoms with E-state index in [0.717, 1.165) is 28.3 Å². The van der Waals surface area contributed by atoms with Crippen LogP contribution in [0.2, 0.25) is 0 Å². The number of para-hydroxylation sites is 1. The summed E-state index contributed by atoms with van der Waals surface area (Å²) in [4.78, 5) is 1.13. The molecule has 0 spiro atoms. The SMILES string of the molecule is COc1cccc([C@H]2CC(c3cccs3)=NN2c2ccc(F)cc2)c1OC. The van der Waals surface area contributed by atoms with Crippen LogP contribution in [-0.2, 0) is 0 Å². The molecule has 0 saturated carbocycles. The Morgan fingerprint density at radius 1 is 1.04 bits per heavy atom. The molecule has 3 aromatic rings. The number of nitrogens with zero attached hydrogens (tertiary/aromatic N) is 2. The molecule has 4 nitrogen and oxygen atoms in total. The Bertz CT molecular complexity index is 955. The lowest BCUT2D eigenvalue weighted by molar-refractivity contribution is 0.349. The van der Waals surface area contributed by atoms with Crippen molar-refractivity contribution in [3.63, 3.8) is 0 Å². The van der Waals surface area contributed by atoms with Crippen molar-refractivity contribution < 1.29 is 13.9 Å². The molecule has 1 aromatic heterocycles. The van der Waals surface area contributed by atoms with Gasteiger partial charge in [0.25, 0.3) is 0 Å². The Labute approximate surface area is 161 Å². The fourth-order valence-electron chi connectivity index (χ4n) is 3.35. The minimum atomic E-state index is -0.268. The van der Waals surface area contributed by atoms with Crippen LogP contribution in [0.5, 0.6) is 11.5 Å². The summed E-state index contributed by atoms with van der Waals surface area (Å²) in [5.74, 6) is 1.11. The number of halogens is 1. The smallest absolute Gasteiger partial charge is 0.166 e. The van der Waals surface area contributed by atoms with E-state index >= 15 is 0 Å². The highest BCUT2D eigenvalue weighted by Crippen LogP contribution is 2.43. The second-order valence-corrected chi connectivity index (χ2v) is 7.10. The first-order chi connectivity index (χ1) is 13.2. The van der Waals surface area contributed by atoms with E-state index in [2.05, 4.69) is 6.07 Å². The van der Waals surface area contributed by atoms with Crippen LogP contribution in [0.25, 0.3) is 0 Å². The highest BCUT2D eigenvalue weighted by molar-refractivity contribution is 7.12. The summed E-state index contributed by atoms with van der Waals surface area (Å²) in [6.07, 6.45) is 0.724. The Balaban J connectivity index is 1.80. The molecule has 4 rings (SSSR count). The highest BCUT2D eigenvalue weighted by atomic mass is 32.1. The van der Waals surface area contributed by atoms with Gasteiger partial charge in [-0.25, -0.2) is 4.39 Å². The summed E-state index contributed by atoms with van der Waals surface area (Å²) in [6.45, 7) is 0. The van der Waals surface area contributed by atoms with Crippen molar-refractivity contribution in [1.82, 2.24) is 0 Å². The van der Waals surface area contributed by atoms with E-state index in [1.807, 2.05) is 34.7 Å². The maximum atomic E-state index is 13.4. The zero-order chi connectivity index (χ0) is 18.8. The second kappa shape index (κ2) is 7.40. The molecule has 0 aliphatic carbocycles. The molecule has 0 saturated heterocycles. The zero-order valence-corrected chi connectivity index (χ0v) is 15.9. The molecule has 138 valence electrons. The predicted molar refractivity (Wildman–Crippen MR) is 107 cm³/mol. The summed E-state index contributed by atoms with van der Waals surface area (Å²) in [5.41, 5.74) is 2.82. The molecule has 0 amide bonds. The Morgan fingerprint density at radius 2 is 1.85 bits per heavy atom. The van der Waals surface area contributed by atoms with Gasteiger partial charge < -0.3 is 9.47 Å². The number of methoxy groups -OCH3 is 2. The molecule has 0 fully saturated rings. The third-order valence-corrected chi connectivity index (χ3v) is 5.52. The molecule has 0 N–H and O–H groups in total. The van der Waals surface area contributed by atoms with Gasteiger partial charge in [0, 0.05) is 12.0 Å². The molecule has 1 aliphatic heterocycles. The number of hydrazone groups is 1. The van der Waals surface area contributed by atoms with E-state index in [1.165, 1.54) is 12.1 Å². The quantitative estimate of drug-likeness (QED) is 0.604. The van der Waals surface area contributed by atoms with Crippen molar-refractivity contribution in [1.29, 1.82) is 0 Å². The predicted octanol–water partition coefficient (Wildman–Crippen LogP) is 5.26. The minimum absolute atomic E-state index is 0.0717. The third-order valence-electron chi connectivity index (χ3n) is 4.60. The van der Waals surface area contributed by atoms with Crippen LogP contribution in [0.3, 0.4) is 0 Å². The number of hydrogen-bond donors (Lipinski definition) is 0. The molecule has 1 aliphatic rings. The van der Waals surface area contributed by atoms with Crippen LogP contribution in [0.1, 0.15) is 22.9 Å². The van der Waals surface area contributed by atoms with Crippen LogP contribution < -0.4 is 14.5 Å². The summed E-state index contributed by atoms with van der Waals surface area (Å²) in [6, 6.07) is 16.3. The number of anilines is 1. The first kappa shape index (κ1) is 17.5. The average molecular weight is 382 g/mol. The van der Waals surface area contributed by atoms with Gasteiger partial charge in [-0.15, -0.1) is 11.3 Å². The van der Waals surface area contributed by atoms with E-state index in [-0.39, 0.29) is 11.9 Å². The van der Waals surface area contributed by atoms with Gasteiger partial charge in [0.2, 0.25) is 0 Å². The molecule has 0 radical (unpaired) electrons. The first-order valence-electron chi connectivity index (χ1n) is 8.58. The van der Waals surface area contributed by atoms with Gasteiger partial charge in [-0.2, -0.15) is 5.10 Å². The molecular weight excluding hydrogens is 363 g/mol. The fourth-order valence-corrected chi connectivity index (χ4v) is 4.07. The Hall–Kier alpha value is -2.86. The highest BCUT2D eigenvalue weighted by Gasteiger charge is 2.33. The van der Waals surface area contributed by atoms with Crippen LogP contribution in [0, 0.1) is 5.82 Å². The van der Waals surface area contributed by atoms with E-state index in [1.54, 1.807) is 37.7 Å². The van der Waals surface area contributed by atoms with Crippen molar-refractivity contribution in [2.45, 2.75) is 12.5 Å². The third kappa shape index (κ3) is 3.28. The van der Waals surface area contributed by atoms with Crippen molar-refractivity contribution >= 4 is 22.7 Å². The Kier molecular flexibility index (Phi) is 4.81. The van der Waals surface area contributed by atoms with E-state index in [9.17, 15) is 4.39 Å². The summed E-state index contributed by atoms with van der Waals surface area (Å²) >= 11 is 1.66. The van der Waals surface area contributed by atoms with Gasteiger partial charge in [0.1, 0.15) is 5.82 Å². The lowest BCUT2D eigenvalue weighted by atomic mass is 9.99.